The molecule has 2 aromatic rings. The van der Waals surface area contributed by atoms with E-state index < -0.39 is 0 Å². The number of hydrogen-bond acceptors (Lipinski definition) is 4. The minimum absolute atomic E-state index is 0.0477. The molecule has 0 radical (unpaired) electrons. The molecule has 102 valence electrons. The standard InChI is InChI=1S/C15H13ClN2OS/c16-12-4-1-3-11(9-17)15(12)18-6-7-19-13(10-18)14-5-2-8-20-14/h1-5,8,13H,6-7,10H2. The number of hydrogen-bond donors (Lipinski definition) is 0. The van der Waals surface area contributed by atoms with Gasteiger partial charge in [0.1, 0.15) is 12.2 Å². The summed E-state index contributed by atoms with van der Waals surface area (Å²) in [5.41, 5.74) is 1.44. The average molecular weight is 305 g/mol. The van der Waals surface area contributed by atoms with Gasteiger partial charge in [0.15, 0.2) is 0 Å². The van der Waals surface area contributed by atoms with Crippen molar-refractivity contribution < 1.29 is 4.74 Å². The molecule has 3 rings (SSSR count). The third-order valence-electron chi connectivity index (χ3n) is 3.35. The van der Waals surface area contributed by atoms with Crippen LogP contribution < -0.4 is 4.90 Å². The Morgan fingerprint density at radius 3 is 3.00 bits per heavy atom. The lowest BCUT2D eigenvalue weighted by molar-refractivity contribution is 0.0421. The molecule has 0 spiro atoms. The monoisotopic (exact) mass is 304 g/mol. The van der Waals surface area contributed by atoms with Crippen LogP contribution in [-0.4, -0.2) is 19.7 Å². The fourth-order valence-electron chi connectivity index (χ4n) is 2.43. The highest BCUT2D eigenvalue weighted by Crippen LogP contribution is 2.34. The molecule has 5 heteroatoms. The number of nitriles is 1. The van der Waals surface area contributed by atoms with Crippen LogP contribution in [0.3, 0.4) is 0 Å². The maximum atomic E-state index is 9.26. The molecule has 2 heterocycles. The van der Waals surface area contributed by atoms with Crippen LogP contribution in [0.15, 0.2) is 35.7 Å². The molecule has 3 nitrogen and oxygen atoms in total. The van der Waals surface area contributed by atoms with Crippen molar-refractivity contribution in [1.29, 1.82) is 5.26 Å². The van der Waals surface area contributed by atoms with Gasteiger partial charge in [-0.25, -0.2) is 0 Å². The molecule has 1 aliphatic heterocycles. The van der Waals surface area contributed by atoms with E-state index in [0.717, 1.165) is 18.8 Å². The summed E-state index contributed by atoms with van der Waals surface area (Å²) in [5.74, 6) is 0. The molecule has 1 aromatic carbocycles. The molecule has 1 fully saturated rings. The van der Waals surface area contributed by atoms with Crippen LogP contribution in [0.25, 0.3) is 0 Å². The Balaban J connectivity index is 1.90. The number of halogens is 1. The third-order valence-corrected chi connectivity index (χ3v) is 4.62. The Morgan fingerprint density at radius 2 is 2.25 bits per heavy atom. The smallest absolute Gasteiger partial charge is 0.109 e. The molecular weight excluding hydrogens is 292 g/mol. The second-order valence-electron chi connectivity index (χ2n) is 4.57. The number of para-hydroxylation sites is 1. The van der Waals surface area contributed by atoms with E-state index in [4.69, 9.17) is 16.3 Å². The van der Waals surface area contributed by atoms with Gasteiger partial charge in [0.25, 0.3) is 0 Å². The first-order valence-electron chi connectivity index (χ1n) is 6.38. The van der Waals surface area contributed by atoms with E-state index in [1.54, 1.807) is 17.4 Å². The second-order valence-corrected chi connectivity index (χ2v) is 5.96. The van der Waals surface area contributed by atoms with Gasteiger partial charge in [0.05, 0.1) is 22.9 Å². The molecule has 1 atom stereocenters. The summed E-state index contributed by atoms with van der Waals surface area (Å²) in [6, 6.07) is 11.8. The summed E-state index contributed by atoms with van der Waals surface area (Å²) in [6.07, 6.45) is 0.0477. The van der Waals surface area contributed by atoms with Crippen molar-refractivity contribution in [3.8, 4) is 6.07 Å². The zero-order valence-electron chi connectivity index (χ0n) is 10.8. The van der Waals surface area contributed by atoms with Gasteiger partial charge >= 0.3 is 0 Å². The van der Waals surface area contributed by atoms with E-state index >= 15 is 0 Å². The van der Waals surface area contributed by atoms with Gasteiger partial charge in [-0.15, -0.1) is 11.3 Å². The van der Waals surface area contributed by atoms with E-state index in [1.807, 2.05) is 23.6 Å². The molecule has 0 saturated carbocycles. The van der Waals surface area contributed by atoms with Gasteiger partial charge in [0.2, 0.25) is 0 Å². The zero-order chi connectivity index (χ0) is 13.9. The molecule has 20 heavy (non-hydrogen) atoms. The lowest BCUT2D eigenvalue weighted by atomic mass is 10.1. The van der Waals surface area contributed by atoms with E-state index in [1.165, 1.54) is 4.88 Å². The molecule has 0 aliphatic carbocycles. The molecule has 0 amide bonds. The number of nitrogens with zero attached hydrogens (tertiary/aromatic N) is 2. The molecule has 0 bridgehead atoms. The van der Waals surface area contributed by atoms with Gasteiger partial charge in [-0.05, 0) is 23.6 Å². The fraction of sp³-hybridized carbons (Fsp3) is 0.267. The largest absolute Gasteiger partial charge is 0.369 e. The quantitative estimate of drug-likeness (QED) is 0.845. The summed E-state index contributed by atoms with van der Waals surface area (Å²) >= 11 is 7.97. The maximum absolute atomic E-state index is 9.26. The lowest BCUT2D eigenvalue weighted by Crippen LogP contribution is -2.38. The van der Waals surface area contributed by atoms with Crippen LogP contribution >= 0.6 is 22.9 Å². The topological polar surface area (TPSA) is 36.3 Å². The predicted octanol–water partition coefficient (Wildman–Crippen LogP) is 3.85. The highest BCUT2D eigenvalue weighted by atomic mass is 35.5. The van der Waals surface area contributed by atoms with Crippen LogP contribution in [0, 0.1) is 11.3 Å². The second kappa shape index (κ2) is 5.84. The van der Waals surface area contributed by atoms with E-state index in [9.17, 15) is 5.26 Å². The molecule has 1 unspecified atom stereocenters. The minimum Gasteiger partial charge on any atom is -0.369 e. The first kappa shape index (κ1) is 13.4. The lowest BCUT2D eigenvalue weighted by Gasteiger charge is -2.35. The Hall–Kier alpha value is -1.54. The van der Waals surface area contributed by atoms with E-state index in [-0.39, 0.29) is 6.10 Å². The molecule has 0 N–H and O–H groups in total. The van der Waals surface area contributed by atoms with Crippen LogP contribution in [-0.2, 0) is 4.74 Å². The van der Waals surface area contributed by atoms with E-state index in [2.05, 4.69) is 17.0 Å². The van der Waals surface area contributed by atoms with Crippen molar-refractivity contribution in [1.82, 2.24) is 0 Å². The number of ether oxygens (including phenoxy) is 1. The van der Waals surface area contributed by atoms with Crippen molar-refractivity contribution in [2.45, 2.75) is 6.10 Å². The maximum Gasteiger partial charge on any atom is 0.109 e. The highest BCUT2D eigenvalue weighted by Gasteiger charge is 2.25. The van der Waals surface area contributed by atoms with Crippen LogP contribution in [0.5, 0.6) is 0 Å². The van der Waals surface area contributed by atoms with Crippen LogP contribution in [0.4, 0.5) is 5.69 Å². The third kappa shape index (κ3) is 2.53. The zero-order valence-corrected chi connectivity index (χ0v) is 12.3. The van der Waals surface area contributed by atoms with Gasteiger partial charge in [0, 0.05) is 18.0 Å². The van der Waals surface area contributed by atoms with Crippen molar-refractivity contribution >= 4 is 28.6 Å². The summed E-state index contributed by atoms with van der Waals surface area (Å²) < 4.78 is 5.83. The summed E-state index contributed by atoms with van der Waals surface area (Å²) in [6.45, 7) is 2.11. The summed E-state index contributed by atoms with van der Waals surface area (Å²) in [5, 5.41) is 11.9. The summed E-state index contributed by atoms with van der Waals surface area (Å²) in [7, 11) is 0. The molecule has 1 saturated heterocycles. The molecule has 1 aliphatic rings. The van der Waals surface area contributed by atoms with Gasteiger partial charge in [-0.1, -0.05) is 23.7 Å². The van der Waals surface area contributed by atoms with Crippen molar-refractivity contribution in [2.75, 3.05) is 24.6 Å². The Kier molecular flexibility index (Phi) is 3.93. The first-order chi connectivity index (χ1) is 9.79. The van der Waals surface area contributed by atoms with Gasteiger partial charge < -0.3 is 9.64 Å². The number of benzene rings is 1. The van der Waals surface area contributed by atoms with Gasteiger partial charge in [-0.3, -0.25) is 0 Å². The van der Waals surface area contributed by atoms with Gasteiger partial charge in [-0.2, -0.15) is 5.26 Å². The minimum atomic E-state index is 0.0477. The van der Waals surface area contributed by atoms with Crippen LogP contribution in [0.2, 0.25) is 5.02 Å². The normalized spacial score (nSPS) is 18.8. The van der Waals surface area contributed by atoms with E-state index in [0.29, 0.717) is 17.2 Å². The highest BCUT2D eigenvalue weighted by molar-refractivity contribution is 7.10. The van der Waals surface area contributed by atoms with Crippen molar-refractivity contribution in [3.63, 3.8) is 0 Å². The Labute approximate surface area is 127 Å². The van der Waals surface area contributed by atoms with Crippen molar-refractivity contribution in [3.05, 3.63) is 51.2 Å². The number of morpholine rings is 1. The molecular formula is C15H13ClN2OS. The Bertz CT molecular complexity index is 636. The number of rotatable bonds is 2. The number of thiophene rings is 1. The average Bonchev–Trinajstić information content (AvgIpc) is 3.01. The molecule has 1 aromatic heterocycles. The van der Waals surface area contributed by atoms with Crippen molar-refractivity contribution in [2.24, 2.45) is 0 Å². The Morgan fingerprint density at radius 1 is 1.35 bits per heavy atom. The summed E-state index contributed by atoms with van der Waals surface area (Å²) in [4.78, 5) is 3.36. The first-order valence-corrected chi connectivity index (χ1v) is 7.64. The SMILES string of the molecule is N#Cc1cccc(Cl)c1N1CCOC(c2cccs2)C1. The predicted molar refractivity (Wildman–Crippen MR) is 81.4 cm³/mol. The number of anilines is 1. The fourth-order valence-corrected chi connectivity index (χ4v) is 3.49. The van der Waals surface area contributed by atoms with Crippen LogP contribution in [0.1, 0.15) is 16.5 Å².